The van der Waals surface area contributed by atoms with Crippen molar-refractivity contribution in [3.05, 3.63) is 24.3 Å². The number of carbonyl (C=O) groups is 2. The highest BCUT2D eigenvalue weighted by Gasteiger charge is 2.31. The van der Waals surface area contributed by atoms with E-state index in [2.05, 4.69) is 12.2 Å². The Bertz CT molecular complexity index is 573. The van der Waals surface area contributed by atoms with E-state index in [0.29, 0.717) is 18.7 Å². The Morgan fingerprint density at radius 3 is 2.83 bits per heavy atom. The summed E-state index contributed by atoms with van der Waals surface area (Å²) in [6, 6.07) is 7.63. The molecule has 1 heterocycles. The first-order valence-electron chi connectivity index (χ1n) is 8.89. The van der Waals surface area contributed by atoms with E-state index in [4.69, 9.17) is 4.74 Å². The number of anilines is 1. The highest BCUT2D eigenvalue weighted by atomic mass is 16.5. The summed E-state index contributed by atoms with van der Waals surface area (Å²) in [5, 5.41) is 3.02. The van der Waals surface area contributed by atoms with Crippen LogP contribution in [0, 0.1) is 0 Å². The summed E-state index contributed by atoms with van der Waals surface area (Å²) in [5.41, 5.74) is 0.740. The Kier molecular flexibility index (Phi) is 6.64. The molecule has 2 atom stereocenters. The largest absolute Gasteiger partial charge is 0.479 e. The summed E-state index contributed by atoms with van der Waals surface area (Å²) in [6.07, 6.45) is 4.27. The van der Waals surface area contributed by atoms with E-state index in [1.807, 2.05) is 31.2 Å². The second kappa shape index (κ2) is 8.71. The number of fused-ring (bicyclic) bond motifs is 1. The lowest BCUT2D eigenvalue weighted by Gasteiger charge is -2.32. The third-order valence-corrected chi connectivity index (χ3v) is 4.28. The molecule has 2 amide bonds. The molecular formula is C19H28N2O3. The molecule has 1 N–H and O–H groups in total. The number of para-hydroxylation sites is 2. The Morgan fingerprint density at radius 1 is 1.33 bits per heavy atom. The summed E-state index contributed by atoms with van der Waals surface area (Å²) in [6.45, 7) is 6.31. The summed E-state index contributed by atoms with van der Waals surface area (Å²) in [5.74, 6) is 0.582. The number of nitrogens with zero attached hydrogens (tertiary/aromatic N) is 1. The van der Waals surface area contributed by atoms with Crippen molar-refractivity contribution < 1.29 is 14.3 Å². The van der Waals surface area contributed by atoms with Gasteiger partial charge in [0.1, 0.15) is 5.75 Å². The van der Waals surface area contributed by atoms with Gasteiger partial charge in [0.05, 0.1) is 5.69 Å². The maximum Gasteiger partial charge on any atom is 0.267 e. The minimum atomic E-state index is -0.518. The van der Waals surface area contributed by atoms with Gasteiger partial charge in [-0.25, -0.2) is 0 Å². The van der Waals surface area contributed by atoms with Gasteiger partial charge in [0.2, 0.25) is 5.91 Å². The zero-order valence-electron chi connectivity index (χ0n) is 14.9. The summed E-state index contributed by atoms with van der Waals surface area (Å²) in [4.78, 5) is 26.2. The fraction of sp³-hybridized carbons (Fsp3) is 0.579. The van der Waals surface area contributed by atoms with Gasteiger partial charge in [-0.15, -0.1) is 0 Å². The predicted octanol–water partition coefficient (Wildman–Crippen LogP) is 3.28. The number of amides is 2. The van der Waals surface area contributed by atoms with Gasteiger partial charge in [0.15, 0.2) is 6.10 Å². The quantitative estimate of drug-likeness (QED) is 0.743. The van der Waals surface area contributed by atoms with Crippen LogP contribution < -0.4 is 15.0 Å². The van der Waals surface area contributed by atoms with Crippen LogP contribution in [0.5, 0.6) is 5.75 Å². The Labute approximate surface area is 144 Å². The zero-order valence-corrected chi connectivity index (χ0v) is 14.9. The molecule has 0 radical (unpaired) electrons. The van der Waals surface area contributed by atoms with Crippen molar-refractivity contribution >= 4 is 17.5 Å². The lowest BCUT2D eigenvalue weighted by atomic mass is 10.1. The van der Waals surface area contributed by atoms with Gasteiger partial charge in [-0.3, -0.25) is 9.59 Å². The van der Waals surface area contributed by atoms with Crippen LogP contribution in [0.25, 0.3) is 0 Å². The average Bonchev–Trinajstić information content (AvgIpc) is 2.55. The number of rotatable bonds is 8. The maximum atomic E-state index is 12.4. The van der Waals surface area contributed by atoms with Gasteiger partial charge < -0.3 is 15.0 Å². The van der Waals surface area contributed by atoms with E-state index in [9.17, 15) is 9.59 Å². The van der Waals surface area contributed by atoms with Gasteiger partial charge in [-0.2, -0.15) is 0 Å². The highest BCUT2D eigenvalue weighted by molar-refractivity contribution is 6.00. The van der Waals surface area contributed by atoms with Crippen LogP contribution in [-0.2, 0) is 9.59 Å². The molecule has 0 saturated heterocycles. The average molecular weight is 332 g/mol. The topological polar surface area (TPSA) is 58.6 Å². The number of ether oxygens (including phenoxy) is 1. The molecule has 1 aliphatic rings. The molecule has 0 saturated carbocycles. The van der Waals surface area contributed by atoms with Crippen LogP contribution in [0.15, 0.2) is 24.3 Å². The smallest absolute Gasteiger partial charge is 0.267 e. The molecule has 0 spiro atoms. The lowest BCUT2D eigenvalue weighted by Crippen LogP contribution is -2.46. The Hall–Kier alpha value is -2.04. The van der Waals surface area contributed by atoms with Crippen molar-refractivity contribution in [2.24, 2.45) is 0 Å². The van der Waals surface area contributed by atoms with Crippen molar-refractivity contribution in [2.75, 3.05) is 11.4 Å². The fourth-order valence-electron chi connectivity index (χ4n) is 2.92. The molecule has 0 fully saturated rings. The third-order valence-electron chi connectivity index (χ3n) is 4.28. The van der Waals surface area contributed by atoms with Gasteiger partial charge >= 0.3 is 0 Å². The van der Waals surface area contributed by atoms with Crippen LogP contribution in [0.2, 0.25) is 0 Å². The van der Waals surface area contributed by atoms with Crippen molar-refractivity contribution in [1.82, 2.24) is 5.32 Å². The van der Waals surface area contributed by atoms with Gasteiger partial charge in [0, 0.05) is 19.0 Å². The molecule has 24 heavy (non-hydrogen) atoms. The molecule has 5 heteroatoms. The standard InChI is InChI=1S/C19H28N2O3/c1-4-5-6-9-14(2)20-18(22)12-13-21-16-10-7-8-11-17(16)24-15(3)19(21)23/h7-8,10-11,14-15H,4-6,9,12-13H2,1-3H3,(H,20,22). The minimum Gasteiger partial charge on any atom is -0.479 e. The Morgan fingerprint density at radius 2 is 2.08 bits per heavy atom. The van der Waals surface area contributed by atoms with Gasteiger partial charge in [0.25, 0.3) is 5.91 Å². The van der Waals surface area contributed by atoms with Crippen LogP contribution in [0.3, 0.4) is 0 Å². The SMILES string of the molecule is CCCCCC(C)NC(=O)CCN1C(=O)C(C)Oc2ccccc21. The summed E-state index contributed by atoms with van der Waals surface area (Å²) < 4.78 is 5.61. The zero-order chi connectivity index (χ0) is 17.5. The molecule has 1 aromatic carbocycles. The highest BCUT2D eigenvalue weighted by Crippen LogP contribution is 2.33. The molecule has 5 nitrogen and oxygen atoms in total. The second-order valence-electron chi connectivity index (χ2n) is 6.43. The van der Waals surface area contributed by atoms with Crippen molar-refractivity contribution in [1.29, 1.82) is 0 Å². The van der Waals surface area contributed by atoms with Crippen molar-refractivity contribution in [2.45, 2.75) is 65.0 Å². The number of unbranched alkanes of at least 4 members (excludes halogenated alkanes) is 2. The molecule has 2 unspecified atom stereocenters. The fourth-order valence-corrected chi connectivity index (χ4v) is 2.92. The van der Waals surface area contributed by atoms with E-state index in [0.717, 1.165) is 18.5 Å². The summed E-state index contributed by atoms with van der Waals surface area (Å²) >= 11 is 0. The molecule has 2 rings (SSSR count). The van der Waals surface area contributed by atoms with Crippen molar-refractivity contribution in [3.8, 4) is 5.75 Å². The van der Waals surface area contributed by atoms with Gasteiger partial charge in [-0.1, -0.05) is 38.3 Å². The molecule has 1 aliphatic heterocycles. The number of hydrogen-bond donors (Lipinski definition) is 1. The van der Waals surface area contributed by atoms with Gasteiger partial charge in [-0.05, 0) is 32.4 Å². The number of nitrogens with one attached hydrogen (secondary N) is 1. The molecule has 132 valence electrons. The molecular weight excluding hydrogens is 304 g/mol. The number of benzene rings is 1. The van der Waals surface area contributed by atoms with Crippen molar-refractivity contribution in [3.63, 3.8) is 0 Å². The van der Waals surface area contributed by atoms with Crippen LogP contribution in [0.1, 0.15) is 52.9 Å². The predicted molar refractivity (Wildman–Crippen MR) is 95.2 cm³/mol. The lowest BCUT2D eigenvalue weighted by molar-refractivity contribution is -0.125. The minimum absolute atomic E-state index is 0.0107. The van der Waals surface area contributed by atoms with E-state index < -0.39 is 6.10 Å². The third kappa shape index (κ3) is 4.73. The summed E-state index contributed by atoms with van der Waals surface area (Å²) in [7, 11) is 0. The first kappa shape index (κ1) is 18.3. The monoisotopic (exact) mass is 332 g/mol. The number of hydrogen-bond acceptors (Lipinski definition) is 3. The van der Waals surface area contributed by atoms with E-state index >= 15 is 0 Å². The molecule has 1 aromatic rings. The van der Waals surface area contributed by atoms with Crippen LogP contribution in [-0.4, -0.2) is 30.5 Å². The van der Waals surface area contributed by atoms with Crippen LogP contribution >= 0.6 is 0 Å². The Balaban J connectivity index is 1.89. The molecule has 0 aliphatic carbocycles. The number of carbonyl (C=O) groups excluding carboxylic acids is 2. The molecule has 0 aromatic heterocycles. The normalized spacial score (nSPS) is 17.9. The van der Waals surface area contributed by atoms with Crippen LogP contribution in [0.4, 0.5) is 5.69 Å². The first-order valence-corrected chi connectivity index (χ1v) is 8.89. The second-order valence-corrected chi connectivity index (χ2v) is 6.43. The van der Waals surface area contributed by atoms with E-state index in [1.54, 1.807) is 11.8 Å². The first-order chi connectivity index (χ1) is 11.5. The van der Waals surface area contributed by atoms with E-state index in [-0.39, 0.29) is 17.9 Å². The van der Waals surface area contributed by atoms with E-state index in [1.165, 1.54) is 12.8 Å². The maximum absolute atomic E-state index is 12.4. The molecule has 0 bridgehead atoms.